The molecule has 2 heteroatoms. The molecule has 1 atom stereocenters. The van der Waals surface area contributed by atoms with Crippen molar-refractivity contribution in [1.29, 1.82) is 0 Å². The van der Waals surface area contributed by atoms with Gasteiger partial charge in [-0.15, -0.1) is 0 Å². The minimum Gasteiger partial charge on any atom is -0.472 e. The third kappa shape index (κ3) is 3.23. The van der Waals surface area contributed by atoms with Crippen LogP contribution in [0.4, 0.5) is 0 Å². The summed E-state index contributed by atoms with van der Waals surface area (Å²) in [4.78, 5) is 0. The molecule has 1 aromatic heterocycles. The first-order valence-electron chi connectivity index (χ1n) is 4.99. The fourth-order valence-corrected chi connectivity index (χ4v) is 1.53. The van der Waals surface area contributed by atoms with Gasteiger partial charge in [0.15, 0.2) is 0 Å². The largest absolute Gasteiger partial charge is 0.472 e. The average Bonchev–Trinajstić information content (AvgIpc) is 2.54. The first-order chi connectivity index (χ1) is 6.24. The van der Waals surface area contributed by atoms with Crippen LogP contribution in [0.3, 0.4) is 0 Å². The highest BCUT2D eigenvalue weighted by Crippen LogP contribution is 2.21. The van der Waals surface area contributed by atoms with Crippen molar-refractivity contribution >= 4 is 0 Å². The summed E-state index contributed by atoms with van der Waals surface area (Å²) in [5.41, 5.74) is 1.26. The zero-order valence-electron chi connectivity index (χ0n) is 8.71. The molecule has 1 aromatic rings. The summed E-state index contributed by atoms with van der Waals surface area (Å²) in [6.07, 6.45) is 4.73. The molecule has 0 spiro atoms. The van der Waals surface area contributed by atoms with Crippen LogP contribution in [0.25, 0.3) is 0 Å². The number of nitrogens with one attached hydrogen (secondary N) is 1. The van der Waals surface area contributed by atoms with Gasteiger partial charge in [-0.1, -0.05) is 20.8 Å². The molecule has 1 rings (SSSR count). The lowest BCUT2D eigenvalue weighted by molar-refractivity contribution is 0.434. The van der Waals surface area contributed by atoms with E-state index in [-0.39, 0.29) is 0 Å². The Labute approximate surface area is 80.3 Å². The molecule has 1 N–H and O–H groups in total. The lowest BCUT2D eigenvalue weighted by Crippen LogP contribution is -2.21. The van der Waals surface area contributed by atoms with Crippen molar-refractivity contribution < 1.29 is 4.42 Å². The summed E-state index contributed by atoms with van der Waals surface area (Å²) >= 11 is 0. The van der Waals surface area contributed by atoms with Crippen LogP contribution in [-0.2, 0) is 0 Å². The Morgan fingerprint density at radius 3 is 2.69 bits per heavy atom. The molecule has 2 nitrogen and oxygen atoms in total. The highest BCUT2D eigenvalue weighted by atomic mass is 16.3. The molecule has 0 amide bonds. The Morgan fingerprint density at radius 1 is 1.46 bits per heavy atom. The molecule has 1 heterocycles. The minimum absolute atomic E-state index is 0.448. The first kappa shape index (κ1) is 10.3. The van der Waals surface area contributed by atoms with Gasteiger partial charge in [0.1, 0.15) is 0 Å². The first-order valence-corrected chi connectivity index (χ1v) is 4.99. The van der Waals surface area contributed by atoms with Crippen LogP contribution >= 0.6 is 0 Å². The van der Waals surface area contributed by atoms with Gasteiger partial charge in [-0.3, -0.25) is 0 Å². The monoisotopic (exact) mass is 181 g/mol. The van der Waals surface area contributed by atoms with E-state index in [1.807, 2.05) is 12.3 Å². The lowest BCUT2D eigenvalue weighted by atomic mass is 9.99. The van der Waals surface area contributed by atoms with Gasteiger partial charge in [0, 0.05) is 11.6 Å². The van der Waals surface area contributed by atoms with E-state index >= 15 is 0 Å². The molecule has 1 unspecified atom stereocenters. The molecule has 0 aliphatic rings. The second-order valence-electron chi connectivity index (χ2n) is 3.80. The molecule has 0 aromatic carbocycles. The third-order valence-electron chi connectivity index (χ3n) is 2.10. The summed E-state index contributed by atoms with van der Waals surface area (Å²) in [6.45, 7) is 7.62. The van der Waals surface area contributed by atoms with Gasteiger partial charge < -0.3 is 9.73 Å². The van der Waals surface area contributed by atoms with Crippen LogP contribution in [0, 0.1) is 5.92 Å². The average molecular weight is 181 g/mol. The second-order valence-corrected chi connectivity index (χ2v) is 3.80. The molecule has 13 heavy (non-hydrogen) atoms. The van der Waals surface area contributed by atoms with Crippen LogP contribution in [0.2, 0.25) is 0 Å². The molecule has 0 bridgehead atoms. The number of hydrogen-bond acceptors (Lipinski definition) is 2. The van der Waals surface area contributed by atoms with Crippen molar-refractivity contribution in [3.63, 3.8) is 0 Å². The minimum atomic E-state index is 0.448. The quantitative estimate of drug-likeness (QED) is 0.755. The van der Waals surface area contributed by atoms with Gasteiger partial charge >= 0.3 is 0 Å². The number of furan rings is 1. The summed E-state index contributed by atoms with van der Waals surface area (Å²) in [5.74, 6) is 0.707. The van der Waals surface area contributed by atoms with E-state index in [4.69, 9.17) is 4.42 Å². The van der Waals surface area contributed by atoms with Crippen LogP contribution in [0.5, 0.6) is 0 Å². The zero-order valence-corrected chi connectivity index (χ0v) is 8.71. The molecule has 0 aliphatic heterocycles. The van der Waals surface area contributed by atoms with Gasteiger partial charge in [0.25, 0.3) is 0 Å². The van der Waals surface area contributed by atoms with Gasteiger partial charge in [0.05, 0.1) is 12.5 Å². The van der Waals surface area contributed by atoms with Crippen molar-refractivity contribution in [2.45, 2.75) is 33.2 Å². The zero-order chi connectivity index (χ0) is 9.68. The van der Waals surface area contributed by atoms with E-state index in [1.54, 1.807) is 6.26 Å². The number of hydrogen-bond donors (Lipinski definition) is 1. The predicted molar refractivity (Wildman–Crippen MR) is 54.6 cm³/mol. The van der Waals surface area contributed by atoms with Gasteiger partial charge in [0.2, 0.25) is 0 Å². The Bertz CT molecular complexity index is 216. The van der Waals surface area contributed by atoms with Crippen LogP contribution in [0.15, 0.2) is 23.0 Å². The summed E-state index contributed by atoms with van der Waals surface area (Å²) in [7, 11) is 0. The van der Waals surface area contributed by atoms with Crippen molar-refractivity contribution in [3.05, 3.63) is 24.2 Å². The fourth-order valence-electron chi connectivity index (χ4n) is 1.53. The molecule has 0 fully saturated rings. The SMILES string of the molecule is CCNC(CC(C)C)c1ccoc1. The van der Waals surface area contributed by atoms with Crippen molar-refractivity contribution in [2.24, 2.45) is 5.92 Å². The normalized spacial score (nSPS) is 13.5. The third-order valence-corrected chi connectivity index (χ3v) is 2.10. The molecule has 0 radical (unpaired) electrons. The van der Waals surface area contributed by atoms with E-state index in [0.717, 1.165) is 13.0 Å². The maximum atomic E-state index is 5.08. The predicted octanol–water partition coefficient (Wildman–Crippen LogP) is 2.98. The lowest BCUT2D eigenvalue weighted by Gasteiger charge is -2.18. The van der Waals surface area contributed by atoms with Gasteiger partial charge in [-0.25, -0.2) is 0 Å². The van der Waals surface area contributed by atoms with Crippen LogP contribution in [-0.4, -0.2) is 6.54 Å². The summed E-state index contributed by atoms with van der Waals surface area (Å²) in [5, 5.41) is 3.46. The Hall–Kier alpha value is -0.760. The molecule has 0 saturated heterocycles. The van der Waals surface area contributed by atoms with E-state index in [9.17, 15) is 0 Å². The van der Waals surface area contributed by atoms with E-state index in [0.29, 0.717) is 12.0 Å². The highest BCUT2D eigenvalue weighted by molar-refractivity contribution is 5.11. The van der Waals surface area contributed by atoms with Crippen LogP contribution in [0.1, 0.15) is 38.8 Å². The second kappa shape index (κ2) is 5.07. The molecule has 0 aliphatic carbocycles. The van der Waals surface area contributed by atoms with E-state index in [1.165, 1.54) is 5.56 Å². The maximum absolute atomic E-state index is 5.08. The summed E-state index contributed by atoms with van der Waals surface area (Å²) < 4.78 is 5.08. The topological polar surface area (TPSA) is 25.2 Å². The molecule has 74 valence electrons. The molecular weight excluding hydrogens is 162 g/mol. The maximum Gasteiger partial charge on any atom is 0.0950 e. The standard InChI is InChI=1S/C11H19NO/c1-4-12-11(7-9(2)3)10-5-6-13-8-10/h5-6,8-9,11-12H,4,7H2,1-3H3. The van der Waals surface area contributed by atoms with Crippen LogP contribution < -0.4 is 5.32 Å². The number of rotatable bonds is 5. The van der Waals surface area contributed by atoms with Crippen molar-refractivity contribution in [1.82, 2.24) is 5.32 Å². The van der Waals surface area contributed by atoms with E-state index in [2.05, 4.69) is 26.1 Å². The Balaban J connectivity index is 2.57. The Morgan fingerprint density at radius 2 is 2.23 bits per heavy atom. The van der Waals surface area contributed by atoms with Crippen molar-refractivity contribution in [2.75, 3.05) is 6.54 Å². The summed E-state index contributed by atoms with van der Waals surface area (Å²) in [6, 6.07) is 2.49. The van der Waals surface area contributed by atoms with Crippen molar-refractivity contribution in [3.8, 4) is 0 Å². The fraction of sp³-hybridized carbons (Fsp3) is 0.636. The van der Waals surface area contributed by atoms with Gasteiger partial charge in [-0.05, 0) is 24.9 Å². The highest BCUT2D eigenvalue weighted by Gasteiger charge is 2.12. The molecular formula is C11H19NO. The molecule has 0 saturated carbocycles. The van der Waals surface area contributed by atoms with E-state index < -0.39 is 0 Å². The smallest absolute Gasteiger partial charge is 0.0950 e. The Kier molecular flexibility index (Phi) is 4.03. The van der Waals surface area contributed by atoms with Gasteiger partial charge in [-0.2, -0.15) is 0 Å².